The minimum atomic E-state index is 0.246. The predicted octanol–water partition coefficient (Wildman–Crippen LogP) is 4.99. The second kappa shape index (κ2) is 6.95. The fourth-order valence-corrected chi connectivity index (χ4v) is 2.74. The molecule has 1 aromatic rings. The Kier molecular flexibility index (Phi) is 6.08. The summed E-state index contributed by atoms with van der Waals surface area (Å²) in [5, 5.41) is 3.51. The van der Waals surface area contributed by atoms with Crippen molar-refractivity contribution in [2.24, 2.45) is 5.41 Å². The van der Waals surface area contributed by atoms with E-state index in [1.165, 1.54) is 11.3 Å². The number of hydrogen-bond donors (Lipinski definition) is 1. The van der Waals surface area contributed by atoms with E-state index in [9.17, 15) is 0 Å². The average Bonchev–Trinajstić information content (AvgIpc) is 2.36. The molecular formula is C17H29BrN2. The van der Waals surface area contributed by atoms with E-state index in [4.69, 9.17) is 0 Å². The quantitative estimate of drug-likeness (QED) is 0.812. The summed E-state index contributed by atoms with van der Waals surface area (Å²) in [6, 6.07) is 7.40. The van der Waals surface area contributed by atoms with Gasteiger partial charge < -0.3 is 10.2 Å². The molecule has 0 spiro atoms. The van der Waals surface area contributed by atoms with E-state index in [1.807, 2.05) is 0 Å². The number of halogens is 1. The van der Waals surface area contributed by atoms with Crippen LogP contribution in [0, 0.1) is 5.41 Å². The topological polar surface area (TPSA) is 15.3 Å². The van der Waals surface area contributed by atoms with Crippen molar-refractivity contribution < 1.29 is 0 Å². The first kappa shape index (κ1) is 17.5. The molecule has 20 heavy (non-hydrogen) atoms. The lowest BCUT2D eigenvalue weighted by molar-refractivity contribution is 0.329. The van der Waals surface area contributed by atoms with Gasteiger partial charge >= 0.3 is 0 Å². The molecule has 0 aliphatic heterocycles. The Labute approximate surface area is 133 Å². The summed E-state index contributed by atoms with van der Waals surface area (Å²) in [6.07, 6.45) is 0. The maximum atomic E-state index is 3.61. The van der Waals surface area contributed by atoms with Crippen LogP contribution in [0.5, 0.6) is 0 Å². The summed E-state index contributed by atoms with van der Waals surface area (Å²) in [5.74, 6) is 0. The van der Waals surface area contributed by atoms with E-state index >= 15 is 0 Å². The second-order valence-corrected chi connectivity index (χ2v) is 7.55. The zero-order valence-electron chi connectivity index (χ0n) is 13.9. The van der Waals surface area contributed by atoms with Crippen molar-refractivity contribution >= 4 is 21.6 Å². The van der Waals surface area contributed by atoms with Crippen LogP contribution in [-0.4, -0.2) is 19.6 Å². The van der Waals surface area contributed by atoms with Gasteiger partial charge in [0.25, 0.3) is 0 Å². The number of nitrogens with zero attached hydrogens (tertiary/aromatic N) is 1. The lowest BCUT2D eigenvalue weighted by atomic mass is 9.86. The summed E-state index contributed by atoms with van der Waals surface area (Å²) >= 11 is 3.61. The van der Waals surface area contributed by atoms with Crippen LogP contribution in [0.3, 0.4) is 0 Å². The lowest BCUT2D eigenvalue weighted by Gasteiger charge is -2.38. The highest BCUT2D eigenvalue weighted by molar-refractivity contribution is 9.10. The molecule has 0 fully saturated rings. The molecule has 0 saturated heterocycles. The highest BCUT2D eigenvalue weighted by Crippen LogP contribution is 2.34. The number of nitrogens with one attached hydrogen (secondary N) is 1. The molecule has 0 aliphatic carbocycles. The van der Waals surface area contributed by atoms with Gasteiger partial charge in [-0.3, -0.25) is 0 Å². The normalized spacial score (nSPS) is 15.0. The minimum absolute atomic E-state index is 0.246. The van der Waals surface area contributed by atoms with Gasteiger partial charge in [-0.2, -0.15) is 0 Å². The van der Waals surface area contributed by atoms with Gasteiger partial charge in [-0.15, -0.1) is 0 Å². The maximum absolute atomic E-state index is 3.61. The van der Waals surface area contributed by atoms with E-state index in [2.05, 4.69) is 92.9 Å². The average molecular weight is 341 g/mol. The number of benzene rings is 1. The summed E-state index contributed by atoms with van der Waals surface area (Å²) in [7, 11) is 2.19. The van der Waals surface area contributed by atoms with Gasteiger partial charge in [-0.25, -0.2) is 0 Å². The van der Waals surface area contributed by atoms with Crippen LogP contribution in [0.15, 0.2) is 22.7 Å². The standard InChI is InChI=1S/C17H29BrN2/c1-8-19-12(2)15-10-9-14(18)11-16(15)20(7)13(3)17(4,5)6/h9-13,19H,8H2,1-7H3. The number of anilines is 1. The zero-order valence-corrected chi connectivity index (χ0v) is 15.5. The third kappa shape index (κ3) is 4.23. The van der Waals surface area contributed by atoms with E-state index in [0.29, 0.717) is 12.1 Å². The zero-order chi connectivity index (χ0) is 15.5. The van der Waals surface area contributed by atoms with Crippen molar-refractivity contribution in [1.29, 1.82) is 0 Å². The third-order valence-electron chi connectivity index (χ3n) is 4.18. The summed E-state index contributed by atoms with van der Waals surface area (Å²) in [4.78, 5) is 2.40. The first-order chi connectivity index (χ1) is 9.18. The van der Waals surface area contributed by atoms with Gasteiger partial charge in [0, 0.05) is 29.3 Å². The molecular weight excluding hydrogens is 312 g/mol. The van der Waals surface area contributed by atoms with Gasteiger partial charge in [-0.05, 0) is 43.5 Å². The van der Waals surface area contributed by atoms with Crippen LogP contribution in [0.2, 0.25) is 0 Å². The summed E-state index contributed by atoms with van der Waals surface area (Å²) in [5.41, 5.74) is 2.90. The number of rotatable bonds is 5. The molecule has 0 aromatic heterocycles. The van der Waals surface area contributed by atoms with Gasteiger partial charge in [0.1, 0.15) is 0 Å². The van der Waals surface area contributed by atoms with E-state index in [1.54, 1.807) is 0 Å². The van der Waals surface area contributed by atoms with Crippen molar-refractivity contribution in [2.45, 2.75) is 53.6 Å². The Balaban J connectivity index is 3.18. The van der Waals surface area contributed by atoms with E-state index in [-0.39, 0.29) is 5.41 Å². The molecule has 0 amide bonds. The molecule has 0 radical (unpaired) electrons. The van der Waals surface area contributed by atoms with Crippen molar-refractivity contribution in [3.05, 3.63) is 28.2 Å². The largest absolute Gasteiger partial charge is 0.371 e. The minimum Gasteiger partial charge on any atom is -0.371 e. The summed E-state index contributed by atoms with van der Waals surface area (Å²) in [6.45, 7) is 14.5. The van der Waals surface area contributed by atoms with Gasteiger partial charge in [-0.1, -0.05) is 49.7 Å². The second-order valence-electron chi connectivity index (χ2n) is 6.64. The van der Waals surface area contributed by atoms with Crippen molar-refractivity contribution in [3.8, 4) is 0 Å². The van der Waals surface area contributed by atoms with Crippen LogP contribution in [-0.2, 0) is 0 Å². The highest BCUT2D eigenvalue weighted by atomic mass is 79.9. The molecule has 3 heteroatoms. The van der Waals surface area contributed by atoms with Crippen molar-refractivity contribution in [2.75, 3.05) is 18.5 Å². The Hall–Kier alpha value is -0.540. The number of hydrogen-bond acceptors (Lipinski definition) is 2. The molecule has 0 saturated carbocycles. The maximum Gasteiger partial charge on any atom is 0.0425 e. The van der Waals surface area contributed by atoms with Crippen LogP contribution in [0.4, 0.5) is 5.69 Å². The SMILES string of the molecule is CCNC(C)c1ccc(Br)cc1N(C)C(C)C(C)(C)C. The Morgan fingerprint density at radius 2 is 1.85 bits per heavy atom. The summed E-state index contributed by atoms with van der Waals surface area (Å²) < 4.78 is 1.13. The van der Waals surface area contributed by atoms with Crippen molar-refractivity contribution in [1.82, 2.24) is 5.32 Å². The Bertz CT molecular complexity index is 437. The van der Waals surface area contributed by atoms with E-state index in [0.717, 1.165) is 11.0 Å². The molecule has 1 rings (SSSR count). The van der Waals surface area contributed by atoms with Crippen LogP contribution in [0.1, 0.15) is 53.1 Å². The van der Waals surface area contributed by atoms with Gasteiger partial charge in [0.05, 0.1) is 0 Å². The first-order valence-corrected chi connectivity index (χ1v) is 8.23. The van der Waals surface area contributed by atoms with Gasteiger partial charge in [0.2, 0.25) is 0 Å². The fraction of sp³-hybridized carbons (Fsp3) is 0.647. The monoisotopic (exact) mass is 340 g/mol. The Morgan fingerprint density at radius 1 is 1.25 bits per heavy atom. The van der Waals surface area contributed by atoms with Crippen LogP contribution in [0.25, 0.3) is 0 Å². The molecule has 2 atom stereocenters. The molecule has 1 aromatic carbocycles. The van der Waals surface area contributed by atoms with Crippen LogP contribution >= 0.6 is 15.9 Å². The molecule has 0 heterocycles. The van der Waals surface area contributed by atoms with Gasteiger partial charge in [0.15, 0.2) is 0 Å². The predicted molar refractivity (Wildman–Crippen MR) is 93.6 cm³/mol. The van der Waals surface area contributed by atoms with E-state index < -0.39 is 0 Å². The molecule has 114 valence electrons. The molecule has 1 N–H and O–H groups in total. The molecule has 0 bridgehead atoms. The fourth-order valence-electron chi connectivity index (χ4n) is 2.39. The molecule has 0 aliphatic rings. The molecule has 2 unspecified atom stereocenters. The smallest absolute Gasteiger partial charge is 0.0425 e. The first-order valence-electron chi connectivity index (χ1n) is 7.44. The van der Waals surface area contributed by atoms with Crippen LogP contribution < -0.4 is 10.2 Å². The third-order valence-corrected chi connectivity index (χ3v) is 4.68. The lowest BCUT2D eigenvalue weighted by Crippen LogP contribution is -2.40. The van der Waals surface area contributed by atoms with Crippen molar-refractivity contribution in [3.63, 3.8) is 0 Å². The Morgan fingerprint density at radius 3 is 2.35 bits per heavy atom. The molecule has 2 nitrogen and oxygen atoms in total. The highest BCUT2D eigenvalue weighted by Gasteiger charge is 2.26.